The first-order chi connectivity index (χ1) is 12.0. The van der Waals surface area contributed by atoms with E-state index in [-0.39, 0.29) is 6.04 Å². The molecule has 3 heterocycles. The second-order valence-electron chi connectivity index (χ2n) is 5.75. The quantitative estimate of drug-likeness (QED) is 0.438. The lowest BCUT2D eigenvalue weighted by atomic mass is 10.0. The Balaban J connectivity index is 2.01. The van der Waals surface area contributed by atoms with Crippen LogP contribution in [-0.4, -0.2) is 18.8 Å². The third-order valence-electron chi connectivity index (χ3n) is 3.92. The molecule has 0 aliphatic heterocycles. The standard InChI is InChI=1S/C18H18IN5O/c1-10(14-6-4-5-7-21-14)23-15-8-13(9-22-17(15)18(19)20)16-11(2)24-25-12(16)3/h4-10,20,23H,1-3H3/t10-/m0/s1. The summed E-state index contributed by atoms with van der Waals surface area (Å²) >= 11 is 1.97. The summed E-state index contributed by atoms with van der Waals surface area (Å²) in [5.41, 5.74) is 4.99. The van der Waals surface area contributed by atoms with Gasteiger partial charge in [-0.2, -0.15) is 0 Å². The molecule has 6 nitrogen and oxygen atoms in total. The Morgan fingerprint density at radius 1 is 1.28 bits per heavy atom. The molecule has 0 amide bonds. The van der Waals surface area contributed by atoms with Gasteiger partial charge in [-0.25, -0.2) is 0 Å². The van der Waals surface area contributed by atoms with E-state index in [4.69, 9.17) is 9.93 Å². The van der Waals surface area contributed by atoms with Crippen LogP contribution in [0.2, 0.25) is 0 Å². The van der Waals surface area contributed by atoms with Gasteiger partial charge in [0, 0.05) is 23.5 Å². The third kappa shape index (κ3) is 3.71. The highest BCUT2D eigenvalue weighted by atomic mass is 127. The Labute approximate surface area is 159 Å². The highest BCUT2D eigenvalue weighted by Gasteiger charge is 2.17. The highest BCUT2D eigenvalue weighted by molar-refractivity contribution is 14.1. The topological polar surface area (TPSA) is 87.7 Å². The molecule has 0 radical (unpaired) electrons. The molecule has 3 aromatic heterocycles. The van der Waals surface area contributed by atoms with Crippen molar-refractivity contribution in [3.63, 3.8) is 0 Å². The van der Waals surface area contributed by atoms with Crippen molar-refractivity contribution in [2.24, 2.45) is 0 Å². The van der Waals surface area contributed by atoms with Crippen LogP contribution in [0.15, 0.2) is 41.2 Å². The van der Waals surface area contributed by atoms with E-state index in [1.807, 2.05) is 67.6 Å². The van der Waals surface area contributed by atoms with Crippen molar-refractivity contribution in [1.82, 2.24) is 15.1 Å². The second-order valence-corrected chi connectivity index (χ2v) is 6.83. The molecule has 1 atom stereocenters. The summed E-state index contributed by atoms with van der Waals surface area (Å²) in [6.07, 6.45) is 3.53. The lowest BCUT2D eigenvalue weighted by Gasteiger charge is -2.17. The summed E-state index contributed by atoms with van der Waals surface area (Å²) in [6.45, 7) is 5.82. The third-order valence-corrected chi connectivity index (χ3v) is 4.43. The summed E-state index contributed by atoms with van der Waals surface area (Å²) in [6, 6.07) is 7.79. The Kier molecular flexibility index (Phi) is 5.12. The molecule has 0 saturated carbocycles. The molecule has 0 spiro atoms. The van der Waals surface area contributed by atoms with Gasteiger partial charge in [0.15, 0.2) is 0 Å². The number of rotatable bonds is 5. The smallest absolute Gasteiger partial charge is 0.141 e. The molecule has 25 heavy (non-hydrogen) atoms. The molecule has 3 rings (SSSR count). The van der Waals surface area contributed by atoms with Crippen LogP contribution in [0.25, 0.3) is 11.1 Å². The van der Waals surface area contributed by atoms with Crippen molar-refractivity contribution < 1.29 is 4.52 Å². The molecule has 0 aliphatic rings. The van der Waals surface area contributed by atoms with Gasteiger partial charge in [-0.3, -0.25) is 15.4 Å². The normalized spacial score (nSPS) is 12.0. The lowest BCUT2D eigenvalue weighted by molar-refractivity contribution is 0.393. The lowest BCUT2D eigenvalue weighted by Crippen LogP contribution is -2.12. The van der Waals surface area contributed by atoms with E-state index in [0.717, 1.165) is 34.0 Å². The number of hydrogen-bond donors (Lipinski definition) is 2. The summed E-state index contributed by atoms with van der Waals surface area (Å²) in [5.74, 6) is 0.750. The summed E-state index contributed by atoms with van der Waals surface area (Å²) < 4.78 is 5.64. The highest BCUT2D eigenvalue weighted by Crippen LogP contribution is 2.31. The maximum absolute atomic E-state index is 7.99. The van der Waals surface area contributed by atoms with Crippen molar-refractivity contribution in [2.75, 3.05) is 5.32 Å². The van der Waals surface area contributed by atoms with E-state index in [1.165, 1.54) is 0 Å². The molecule has 0 bridgehead atoms. The van der Waals surface area contributed by atoms with Gasteiger partial charge < -0.3 is 9.84 Å². The van der Waals surface area contributed by atoms with Gasteiger partial charge in [-0.05, 0) is 61.6 Å². The molecule has 0 fully saturated rings. The first-order valence-electron chi connectivity index (χ1n) is 7.82. The maximum atomic E-state index is 7.99. The Morgan fingerprint density at radius 2 is 2.08 bits per heavy atom. The van der Waals surface area contributed by atoms with Crippen molar-refractivity contribution in [1.29, 1.82) is 5.41 Å². The number of nitrogens with one attached hydrogen (secondary N) is 2. The Morgan fingerprint density at radius 3 is 2.68 bits per heavy atom. The van der Waals surface area contributed by atoms with Gasteiger partial charge in [0.2, 0.25) is 0 Å². The predicted octanol–water partition coefficient (Wildman–Crippen LogP) is 4.68. The monoisotopic (exact) mass is 447 g/mol. The average molecular weight is 447 g/mol. The van der Waals surface area contributed by atoms with Crippen LogP contribution < -0.4 is 5.32 Å². The van der Waals surface area contributed by atoms with Gasteiger partial charge in [0.1, 0.15) is 15.2 Å². The number of hydrogen-bond acceptors (Lipinski definition) is 6. The summed E-state index contributed by atoms with van der Waals surface area (Å²) in [4.78, 5) is 8.87. The van der Waals surface area contributed by atoms with Crippen molar-refractivity contribution in [2.45, 2.75) is 26.8 Å². The Hall–Kier alpha value is -2.29. The molecule has 0 unspecified atom stereocenters. The fraction of sp³-hybridized carbons (Fsp3) is 0.222. The van der Waals surface area contributed by atoms with Crippen LogP contribution in [0.3, 0.4) is 0 Å². The minimum atomic E-state index is -0.0163. The molecule has 0 aliphatic carbocycles. The second kappa shape index (κ2) is 7.30. The maximum Gasteiger partial charge on any atom is 0.141 e. The molecule has 0 aromatic carbocycles. The van der Waals surface area contributed by atoms with Crippen LogP contribution in [0.5, 0.6) is 0 Å². The van der Waals surface area contributed by atoms with Gasteiger partial charge in [0.25, 0.3) is 0 Å². The van der Waals surface area contributed by atoms with E-state index in [1.54, 1.807) is 12.4 Å². The molecule has 128 valence electrons. The number of aromatic nitrogens is 3. The number of anilines is 1. The predicted molar refractivity (Wildman–Crippen MR) is 106 cm³/mol. The minimum absolute atomic E-state index is 0.0163. The summed E-state index contributed by atoms with van der Waals surface area (Å²) in [5, 5.41) is 15.4. The van der Waals surface area contributed by atoms with Gasteiger partial charge in [-0.1, -0.05) is 11.2 Å². The van der Waals surface area contributed by atoms with E-state index < -0.39 is 0 Å². The minimum Gasteiger partial charge on any atom is -0.375 e. The number of pyridine rings is 2. The van der Waals surface area contributed by atoms with Gasteiger partial charge in [-0.15, -0.1) is 0 Å². The zero-order chi connectivity index (χ0) is 18.0. The number of aryl methyl sites for hydroxylation is 2. The zero-order valence-corrected chi connectivity index (χ0v) is 16.3. The fourth-order valence-electron chi connectivity index (χ4n) is 2.72. The molecular formula is C18H18IN5O. The van der Waals surface area contributed by atoms with Gasteiger partial charge >= 0.3 is 0 Å². The van der Waals surface area contributed by atoms with Crippen LogP contribution >= 0.6 is 22.6 Å². The van der Waals surface area contributed by atoms with E-state index >= 15 is 0 Å². The first kappa shape index (κ1) is 17.5. The van der Waals surface area contributed by atoms with E-state index in [2.05, 4.69) is 20.4 Å². The molecule has 2 N–H and O–H groups in total. The van der Waals surface area contributed by atoms with Crippen molar-refractivity contribution in [3.05, 3.63) is 59.5 Å². The van der Waals surface area contributed by atoms with Crippen LogP contribution in [0.4, 0.5) is 5.69 Å². The molecule has 3 aromatic rings. The zero-order valence-electron chi connectivity index (χ0n) is 14.2. The van der Waals surface area contributed by atoms with E-state index in [9.17, 15) is 0 Å². The van der Waals surface area contributed by atoms with Crippen molar-refractivity contribution >= 4 is 32.0 Å². The molecule has 0 saturated heterocycles. The number of halogens is 1. The van der Waals surface area contributed by atoms with Crippen LogP contribution in [0.1, 0.15) is 35.8 Å². The van der Waals surface area contributed by atoms with Crippen molar-refractivity contribution in [3.8, 4) is 11.1 Å². The molecular weight excluding hydrogens is 429 g/mol. The van der Waals surface area contributed by atoms with Crippen LogP contribution in [-0.2, 0) is 0 Å². The van der Waals surface area contributed by atoms with Gasteiger partial charge in [0.05, 0.1) is 23.1 Å². The SMILES string of the molecule is Cc1noc(C)c1-c1cnc(C(=N)I)c(N[C@@H](C)c2ccccn2)c1. The number of nitrogens with zero attached hydrogens (tertiary/aromatic N) is 3. The Bertz CT molecular complexity index is 888. The molecule has 7 heteroatoms. The summed E-state index contributed by atoms with van der Waals surface area (Å²) in [7, 11) is 0. The van der Waals surface area contributed by atoms with E-state index in [0.29, 0.717) is 9.41 Å². The van der Waals surface area contributed by atoms with Crippen LogP contribution in [0, 0.1) is 19.3 Å². The largest absolute Gasteiger partial charge is 0.375 e. The fourth-order valence-corrected chi connectivity index (χ4v) is 3.15. The average Bonchev–Trinajstić information content (AvgIpc) is 2.94. The first-order valence-corrected chi connectivity index (χ1v) is 8.90.